The molecule has 2 aliphatic rings. The second-order valence-electron chi connectivity index (χ2n) is 17.0. The van der Waals surface area contributed by atoms with Crippen molar-refractivity contribution in [2.75, 3.05) is 27.8 Å². The minimum absolute atomic E-state index is 0.00549. The van der Waals surface area contributed by atoms with E-state index in [2.05, 4.69) is 146 Å². The molecular formula is C44H53N3O2. The number of nitrogens with zero attached hydrogens (tertiary/aromatic N) is 3. The molecule has 0 aliphatic carbocycles. The van der Waals surface area contributed by atoms with Gasteiger partial charge in [0, 0.05) is 54.4 Å². The Morgan fingerprint density at radius 1 is 0.490 bits per heavy atom. The van der Waals surface area contributed by atoms with Gasteiger partial charge in [-0.05, 0) is 112 Å². The second kappa shape index (κ2) is 12.8. The number of rotatable bonds is 6. The fourth-order valence-electron chi connectivity index (χ4n) is 6.88. The largest absolute Gasteiger partial charge is 0.312 e. The van der Waals surface area contributed by atoms with Crippen LogP contribution in [0.3, 0.4) is 0 Å². The van der Waals surface area contributed by atoms with Crippen molar-refractivity contribution in [3.05, 3.63) is 102 Å². The first-order chi connectivity index (χ1) is 23.0. The molecule has 2 saturated heterocycles. The van der Waals surface area contributed by atoms with Gasteiger partial charge in [-0.25, -0.2) is 0 Å². The summed E-state index contributed by atoms with van der Waals surface area (Å²) in [5, 5.41) is 0. The van der Waals surface area contributed by atoms with E-state index >= 15 is 0 Å². The molecule has 0 spiro atoms. The van der Waals surface area contributed by atoms with E-state index in [0.29, 0.717) is 25.9 Å². The van der Waals surface area contributed by atoms with E-state index in [-0.39, 0.29) is 28.1 Å². The van der Waals surface area contributed by atoms with Crippen molar-refractivity contribution in [2.45, 2.75) is 104 Å². The smallest absolute Gasteiger partial charge is 0.227 e. The highest BCUT2D eigenvalue weighted by molar-refractivity contribution is 6.00. The Bertz CT molecular complexity index is 1790. The number of anilines is 5. The van der Waals surface area contributed by atoms with Gasteiger partial charge in [-0.15, -0.1) is 0 Å². The van der Waals surface area contributed by atoms with Crippen molar-refractivity contribution in [3.8, 4) is 11.1 Å². The molecule has 0 atom stereocenters. The Morgan fingerprint density at radius 2 is 0.980 bits per heavy atom. The summed E-state index contributed by atoms with van der Waals surface area (Å²) in [6.07, 6.45) is 2.84. The van der Waals surface area contributed by atoms with Crippen LogP contribution < -0.4 is 14.7 Å². The molecule has 2 aliphatic heterocycles. The lowest BCUT2D eigenvalue weighted by atomic mass is 9.80. The lowest BCUT2D eigenvalue weighted by molar-refractivity contribution is -0.117. The van der Waals surface area contributed by atoms with E-state index in [0.717, 1.165) is 52.4 Å². The first kappa shape index (κ1) is 34.5. The predicted molar refractivity (Wildman–Crippen MR) is 206 cm³/mol. The van der Waals surface area contributed by atoms with Gasteiger partial charge in [-0.3, -0.25) is 9.59 Å². The first-order valence-corrected chi connectivity index (χ1v) is 17.9. The van der Waals surface area contributed by atoms with Crippen LogP contribution in [0.15, 0.2) is 84.9 Å². The van der Waals surface area contributed by atoms with E-state index in [4.69, 9.17) is 0 Å². The van der Waals surface area contributed by atoms with Crippen LogP contribution in [0.5, 0.6) is 0 Å². The van der Waals surface area contributed by atoms with Crippen molar-refractivity contribution >= 4 is 40.3 Å². The van der Waals surface area contributed by atoms with Gasteiger partial charge in [-0.2, -0.15) is 0 Å². The zero-order valence-corrected chi connectivity index (χ0v) is 31.0. The fraction of sp³-hybridized carbons (Fsp3) is 0.409. The van der Waals surface area contributed by atoms with E-state index < -0.39 is 0 Å². The number of hydrogen-bond acceptors (Lipinski definition) is 3. The Labute approximate surface area is 293 Å². The quantitative estimate of drug-likeness (QED) is 0.208. The van der Waals surface area contributed by atoms with Crippen molar-refractivity contribution < 1.29 is 9.59 Å². The summed E-state index contributed by atoms with van der Waals surface area (Å²) >= 11 is 0. The molecule has 5 heteroatoms. The molecule has 2 fully saturated rings. The van der Waals surface area contributed by atoms with Gasteiger partial charge < -0.3 is 14.7 Å². The fourth-order valence-corrected chi connectivity index (χ4v) is 6.88. The standard InChI is InChI=1S/C44H53N3O2/c1-42(2,3)32-13-10-14-36(26-32)47(39-27-33(43(4,5)6)25-34(28-39)44(7,8)9)35-19-17-30(18-20-35)31-23-37(45-21-11-15-40(45)48)29-38(24-31)46-22-12-16-41(46)49/h10,13-14,17-20,23-29H,11-12,15-16,21-22H2,1-9H3. The van der Waals surface area contributed by atoms with Crippen molar-refractivity contribution in [2.24, 2.45) is 0 Å². The molecule has 0 unspecified atom stereocenters. The molecule has 49 heavy (non-hydrogen) atoms. The van der Waals surface area contributed by atoms with Crippen LogP contribution in [-0.2, 0) is 25.8 Å². The van der Waals surface area contributed by atoms with E-state index in [9.17, 15) is 9.59 Å². The van der Waals surface area contributed by atoms with Gasteiger partial charge in [0.15, 0.2) is 0 Å². The topological polar surface area (TPSA) is 43.9 Å². The first-order valence-electron chi connectivity index (χ1n) is 17.9. The van der Waals surface area contributed by atoms with Crippen molar-refractivity contribution in [3.63, 3.8) is 0 Å². The molecular weight excluding hydrogens is 603 g/mol. The summed E-state index contributed by atoms with van der Waals surface area (Å²) in [6, 6.07) is 31.0. The lowest BCUT2D eigenvalue weighted by Crippen LogP contribution is -2.26. The highest BCUT2D eigenvalue weighted by Crippen LogP contribution is 2.42. The summed E-state index contributed by atoms with van der Waals surface area (Å²) in [7, 11) is 0. The summed E-state index contributed by atoms with van der Waals surface area (Å²) in [6.45, 7) is 21.9. The van der Waals surface area contributed by atoms with Gasteiger partial charge in [0.05, 0.1) is 0 Å². The van der Waals surface area contributed by atoms with Crippen LogP contribution in [-0.4, -0.2) is 24.9 Å². The van der Waals surface area contributed by atoms with Crippen LogP contribution >= 0.6 is 0 Å². The van der Waals surface area contributed by atoms with Gasteiger partial charge in [0.1, 0.15) is 0 Å². The number of hydrogen-bond donors (Lipinski definition) is 0. The Hall–Kier alpha value is -4.38. The van der Waals surface area contributed by atoms with Crippen molar-refractivity contribution in [1.29, 1.82) is 0 Å². The highest BCUT2D eigenvalue weighted by atomic mass is 16.2. The van der Waals surface area contributed by atoms with Gasteiger partial charge in [0.25, 0.3) is 0 Å². The van der Waals surface area contributed by atoms with Gasteiger partial charge >= 0.3 is 0 Å². The maximum absolute atomic E-state index is 12.8. The van der Waals surface area contributed by atoms with E-state index in [1.807, 2.05) is 15.9 Å². The highest BCUT2D eigenvalue weighted by Gasteiger charge is 2.28. The molecule has 0 saturated carbocycles. The van der Waals surface area contributed by atoms with Crippen LogP contribution in [0.2, 0.25) is 0 Å². The minimum Gasteiger partial charge on any atom is -0.312 e. The van der Waals surface area contributed by atoms with E-state index in [1.165, 1.54) is 16.7 Å². The summed E-state index contributed by atoms with van der Waals surface area (Å²) in [4.78, 5) is 31.7. The molecule has 0 radical (unpaired) electrons. The number of amides is 2. The Kier molecular flexibility index (Phi) is 9.02. The van der Waals surface area contributed by atoms with Crippen LogP contribution in [0.1, 0.15) is 105 Å². The van der Waals surface area contributed by atoms with Crippen LogP contribution in [0.4, 0.5) is 28.4 Å². The van der Waals surface area contributed by atoms with E-state index in [1.54, 1.807) is 0 Å². The minimum atomic E-state index is -0.0189. The zero-order valence-electron chi connectivity index (χ0n) is 31.0. The molecule has 4 aromatic carbocycles. The van der Waals surface area contributed by atoms with Crippen LogP contribution in [0, 0.1) is 0 Å². The molecule has 0 bridgehead atoms. The van der Waals surface area contributed by atoms with Crippen molar-refractivity contribution in [1.82, 2.24) is 0 Å². The molecule has 0 aromatic heterocycles. The third-order valence-electron chi connectivity index (χ3n) is 10.0. The lowest BCUT2D eigenvalue weighted by Gasteiger charge is -2.32. The number of carbonyl (C=O) groups excluding carboxylic acids is 2. The average Bonchev–Trinajstić information content (AvgIpc) is 3.68. The number of carbonyl (C=O) groups is 2. The Morgan fingerprint density at radius 3 is 1.43 bits per heavy atom. The molecule has 2 amide bonds. The summed E-state index contributed by atoms with van der Waals surface area (Å²) in [5.74, 6) is 0.290. The summed E-state index contributed by atoms with van der Waals surface area (Å²) in [5.41, 5.74) is 11.0. The van der Waals surface area contributed by atoms with Crippen LogP contribution in [0.25, 0.3) is 11.1 Å². The average molecular weight is 656 g/mol. The normalized spacial score (nSPS) is 15.8. The molecule has 0 N–H and O–H groups in total. The van der Waals surface area contributed by atoms with Gasteiger partial charge in [0.2, 0.25) is 11.8 Å². The monoisotopic (exact) mass is 655 g/mol. The third kappa shape index (κ3) is 7.32. The Balaban J connectivity index is 1.49. The molecule has 6 rings (SSSR count). The van der Waals surface area contributed by atoms with Gasteiger partial charge in [-0.1, -0.05) is 92.6 Å². The molecule has 2 heterocycles. The third-order valence-corrected chi connectivity index (χ3v) is 10.0. The number of benzene rings is 4. The predicted octanol–water partition coefficient (Wildman–Crippen LogP) is 11.0. The zero-order chi connectivity index (χ0) is 35.3. The molecule has 4 aromatic rings. The SMILES string of the molecule is CC(C)(C)c1cccc(N(c2ccc(-c3cc(N4CCCC4=O)cc(N4CCCC4=O)c3)cc2)c2cc(C(C)(C)C)cc(C(C)(C)C)c2)c1. The summed E-state index contributed by atoms with van der Waals surface area (Å²) < 4.78 is 0. The molecule has 5 nitrogen and oxygen atoms in total. The molecule has 256 valence electrons. The second-order valence-corrected chi connectivity index (χ2v) is 17.0. The maximum atomic E-state index is 12.8. The maximum Gasteiger partial charge on any atom is 0.227 e.